The van der Waals surface area contributed by atoms with Crippen molar-refractivity contribution >= 4 is 29.6 Å². The third kappa shape index (κ3) is 15.8. The second-order valence-electron chi connectivity index (χ2n) is 21.2. The van der Waals surface area contributed by atoms with Gasteiger partial charge in [-0.05, 0) is 0 Å². The Balaban J connectivity index is 1.20. The van der Waals surface area contributed by atoms with Crippen LogP contribution >= 0.6 is 0 Å². The minimum absolute atomic E-state index is 0.743. The van der Waals surface area contributed by atoms with Crippen molar-refractivity contribution in [2.45, 2.75) is 224 Å². The second kappa shape index (κ2) is 30.2. The Bertz CT molecular complexity index is 2220. The van der Waals surface area contributed by atoms with Crippen LogP contribution in [0, 0.1) is 0 Å². The van der Waals surface area contributed by atoms with Gasteiger partial charge in [0.05, 0.1) is 51.8 Å². The predicted octanol–water partition coefficient (Wildman–Crippen LogP) is -14.3. The van der Waals surface area contributed by atoms with Crippen molar-refractivity contribution in [3.63, 3.8) is 0 Å². The molecule has 0 aromatic heterocycles. The predicted molar refractivity (Wildman–Crippen MR) is 263 cm³/mol. The summed E-state index contributed by atoms with van der Waals surface area (Å²) in [7, 11) is 0. The fourth-order valence-corrected chi connectivity index (χ4v) is 10.7. The summed E-state index contributed by atoms with van der Waals surface area (Å²) in [6.07, 6.45) is -52.8. The maximum Gasteiger partial charge on any atom is 0.364 e. The molecular weight excluding hydrogens is 1160 g/mol. The Morgan fingerprint density at radius 1 is 0.471 bits per heavy atom. The van der Waals surface area contributed by atoms with Crippen LogP contribution in [-0.4, -0.2) is 351 Å². The molecule has 0 radical (unpaired) electrons. The van der Waals surface area contributed by atoms with Crippen LogP contribution < -0.4 is 21.3 Å². The van der Waals surface area contributed by atoms with Crippen LogP contribution in [0.25, 0.3) is 0 Å². The molecule has 0 spiro atoms. The third-order valence-electron chi connectivity index (χ3n) is 15.0. The third-order valence-corrected chi connectivity index (χ3v) is 15.0. The minimum Gasteiger partial charge on any atom is -0.477 e. The fraction of sp³-hybridized carbons (Fsp3) is 0.894. The van der Waals surface area contributed by atoms with Gasteiger partial charge in [0, 0.05) is 34.1 Å². The molecular formula is C47H78N4O34. The van der Waals surface area contributed by atoms with E-state index in [1.165, 1.54) is 0 Å². The van der Waals surface area contributed by atoms with E-state index in [0.717, 1.165) is 27.7 Å². The molecule has 0 aromatic rings. The Labute approximate surface area is 481 Å². The Hall–Kier alpha value is -3.77. The lowest BCUT2D eigenvalue weighted by molar-refractivity contribution is -0.381. The SMILES string of the molecule is CC(=O)N[C@@H]1[C@@H](O[C@@H]2O[C@H](CO)[C@@H](O[C@@H]3O[C@H](CO)[C@H](O)[C@H](O[C@@H]4O[C@H](CO)[C@@H](O[C@@H]5O[C@H](CO[C@]6(C(=O)O)C[C@H](O)[C@@H](NC(C)=O)[C@H]([C@H](O)[C@H](O)CO)O6)[C@H](O)[C@H](O)[C@H]5O)[C@H](O)[C@H]4NC(C)=O)[C@H]3O)[C@H](O)[C@H]2NC(C)=O)[C@@H](O)[C@@H](CO)O[C@@H]1O. The van der Waals surface area contributed by atoms with Crippen molar-refractivity contribution in [3.05, 3.63) is 0 Å². The molecule has 0 saturated carbocycles. The van der Waals surface area contributed by atoms with Crippen molar-refractivity contribution in [2.75, 3.05) is 39.6 Å². The molecule has 0 aliphatic carbocycles. The molecule has 6 heterocycles. The molecule has 38 nitrogen and oxygen atoms in total. The lowest BCUT2D eigenvalue weighted by Crippen LogP contribution is -2.71. The molecule has 0 unspecified atom stereocenters. The molecule has 6 aliphatic heterocycles. The van der Waals surface area contributed by atoms with E-state index in [0.29, 0.717) is 0 Å². The largest absolute Gasteiger partial charge is 0.477 e. The molecule has 6 aliphatic rings. The number of aliphatic carboxylic acids is 1. The fourth-order valence-electron chi connectivity index (χ4n) is 10.7. The van der Waals surface area contributed by atoms with E-state index in [1.54, 1.807) is 0 Å². The van der Waals surface area contributed by atoms with Gasteiger partial charge in [0.1, 0.15) is 140 Å². The lowest BCUT2D eigenvalue weighted by Gasteiger charge is -2.51. The Morgan fingerprint density at radius 3 is 1.35 bits per heavy atom. The number of ether oxygens (including phenoxy) is 11. The highest BCUT2D eigenvalue weighted by Crippen LogP contribution is 2.38. The second-order valence-corrected chi connectivity index (χ2v) is 21.2. The number of hydrogen-bond acceptors (Lipinski definition) is 33. The monoisotopic (exact) mass is 1240 g/mol. The van der Waals surface area contributed by atoms with Crippen molar-refractivity contribution in [1.82, 2.24) is 21.3 Å². The van der Waals surface area contributed by atoms with Gasteiger partial charge in [-0.1, -0.05) is 0 Å². The van der Waals surface area contributed by atoms with E-state index in [9.17, 15) is 116 Å². The van der Waals surface area contributed by atoms with Gasteiger partial charge in [-0.25, -0.2) is 4.79 Å². The highest BCUT2D eigenvalue weighted by molar-refractivity contribution is 5.77. The summed E-state index contributed by atoms with van der Waals surface area (Å²) in [4.78, 5) is 62.1. The maximum absolute atomic E-state index is 12.8. The van der Waals surface area contributed by atoms with E-state index in [1.807, 2.05) is 0 Å². The molecule has 6 rings (SSSR count). The molecule has 4 amide bonds. The zero-order valence-electron chi connectivity index (χ0n) is 45.9. The normalized spacial score (nSPS) is 45.0. The number of carboxylic acids is 1. The van der Waals surface area contributed by atoms with Gasteiger partial charge < -0.3 is 165 Å². The summed E-state index contributed by atoms with van der Waals surface area (Å²) in [5.41, 5.74) is 0. The standard InChI is InChI=1S/C47H78N4O34/c1-12(57)48-23-16(61)5-47(46(73)74,85-39(23)27(63)17(62)6-52)75-11-22-28(64)33(69)34(70)44(80-22)81-36-20(9-55)79-43(25(32(36)68)50-14(3)59)84-40-30(66)19(8-54)77-45(35(40)71)82-37-21(10-56)78-42(24(31(37)67)49-13(2)58)83-38-26(51-15(4)60)41(72)76-18(7-53)29(38)65/h16-45,52-56,61-72H,5-11H2,1-4H3,(H,48,57)(H,49,58)(H,50,59)(H,51,60)(H,73,74)/t16-,17+,18+,19+,20+,21+,22+,23+,24+,25+,26+,27+,28-,29-,30-,31+,32+,33-,34+,35+,36+,37+,38+,39+,40-,41-,42-,43-,44-,45-,47+/m0/s1. The van der Waals surface area contributed by atoms with Crippen LogP contribution in [0.3, 0.4) is 0 Å². The van der Waals surface area contributed by atoms with Crippen molar-refractivity contribution in [1.29, 1.82) is 0 Å². The van der Waals surface area contributed by atoms with Crippen LogP contribution in [-0.2, 0) is 76.1 Å². The first kappa shape index (κ1) is 70.3. The number of aliphatic hydroxyl groups excluding tert-OH is 17. The van der Waals surface area contributed by atoms with Gasteiger partial charge in [-0.2, -0.15) is 0 Å². The van der Waals surface area contributed by atoms with E-state index in [4.69, 9.17) is 52.1 Å². The summed E-state index contributed by atoms with van der Waals surface area (Å²) >= 11 is 0. The summed E-state index contributed by atoms with van der Waals surface area (Å²) in [6, 6.07) is -6.79. The van der Waals surface area contributed by atoms with E-state index < -0.39 is 265 Å². The maximum atomic E-state index is 12.8. The molecule has 490 valence electrons. The van der Waals surface area contributed by atoms with Gasteiger partial charge in [-0.15, -0.1) is 0 Å². The average molecular weight is 1240 g/mol. The van der Waals surface area contributed by atoms with Crippen LogP contribution in [0.15, 0.2) is 0 Å². The van der Waals surface area contributed by atoms with E-state index >= 15 is 0 Å². The minimum atomic E-state index is -3.00. The van der Waals surface area contributed by atoms with Crippen LogP contribution in [0.1, 0.15) is 34.1 Å². The summed E-state index contributed by atoms with van der Waals surface area (Å²) in [5.74, 6) is -8.27. The van der Waals surface area contributed by atoms with E-state index in [-0.39, 0.29) is 0 Å². The van der Waals surface area contributed by atoms with Crippen molar-refractivity contribution in [2.24, 2.45) is 0 Å². The highest BCUT2D eigenvalue weighted by Gasteiger charge is 2.60. The van der Waals surface area contributed by atoms with Crippen LogP contribution in [0.5, 0.6) is 0 Å². The quantitative estimate of drug-likeness (QED) is 0.0452. The number of amides is 4. The summed E-state index contributed by atoms with van der Waals surface area (Å²) in [6.45, 7) is -2.33. The molecule has 38 heteroatoms. The zero-order chi connectivity index (χ0) is 63.3. The first-order chi connectivity index (χ1) is 40.0. The zero-order valence-corrected chi connectivity index (χ0v) is 45.9. The molecule has 0 aromatic carbocycles. The van der Waals surface area contributed by atoms with Gasteiger partial charge in [0.2, 0.25) is 23.6 Å². The first-order valence-electron chi connectivity index (χ1n) is 26.7. The van der Waals surface area contributed by atoms with Gasteiger partial charge in [0.25, 0.3) is 5.79 Å². The molecule has 0 bridgehead atoms. The first-order valence-corrected chi connectivity index (χ1v) is 26.7. The number of aliphatic hydroxyl groups is 17. The smallest absolute Gasteiger partial charge is 0.364 e. The number of carbonyl (C=O) groups excluding carboxylic acids is 4. The Kier molecular flexibility index (Phi) is 24.9. The molecule has 6 fully saturated rings. The number of hydrogen-bond donors (Lipinski definition) is 22. The Morgan fingerprint density at radius 2 is 0.882 bits per heavy atom. The van der Waals surface area contributed by atoms with Gasteiger partial charge >= 0.3 is 5.97 Å². The number of nitrogens with one attached hydrogen (secondary N) is 4. The van der Waals surface area contributed by atoms with Crippen molar-refractivity contribution < 1.29 is 168 Å². The number of carbonyl (C=O) groups is 5. The molecule has 22 N–H and O–H groups in total. The van der Waals surface area contributed by atoms with Crippen LogP contribution in [0.4, 0.5) is 0 Å². The summed E-state index contributed by atoms with van der Waals surface area (Å²) < 4.78 is 63.2. The molecule has 6 saturated heterocycles. The topological polar surface area (TPSA) is 599 Å². The molecule has 31 atom stereocenters. The summed E-state index contributed by atoms with van der Waals surface area (Å²) in [5, 5.41) is 204. The average Bonchev–Trinajstić information content (AvgIpc) is 2.51. The van der Waals surface area contributed by atoms with Gasteiger partial charge in [0.15, 0.2) is 31.5 Å². The number of carboxylic acid groups (broad SMARTS) is 1. The molecule has 85 heavy (non-hydrogen) atoms. The lowest BCUT2D eigenvalue weighted by atomic mass is 9.88. The highest BCUT2D eigenvalue weighted by atomic mass is 16.8. The number of rotatable bonds is 23. The van der Waals surface area contributed by atoms with Crippen molar-refractivity contribution in [3.8, 4) is 0 Å². The van der Waals surface area contributed by atoms with E-state index in [2.05, 4.69) is 21.3 Å². The van der Waals surface area contributed by atoms with Crippen LogP contribution in [0.2, 0.25) is 0 Å². The van der Waals surface area contributed by atoms with Gasteiger partial charge in [-0.3, -0.25) is 19.2 Å².